The van der Waals surface area contributed by atoms with E-state index in [2.05, 4.69) is 40.1 Å². The lowest BCUT2D eigenvalue weighted by Crippen LogP contribution is -2.12. The number of carboxylic acid groups (broad SMARTS) is 1. The Morgan fingerprint density at radius 3 is 2.14 bits per heavy atom. The Bertz CT molecular complexity index is 3100. The van der Waals surface area contributed by atoms with Gasteiger partial charge in [0, 0.05) is 46.8 Å². The third-order valence-electron chi connectivity index (χ3n) is 9.33. The number of hydrogen-bond acceptors (Lipinski definition) is 20. The summed E-state index contributed by atoms with van der Waals surface area (Å²) in [7, 11) is 2.96. The molecule has 8 N–H and O–H groups in total. The largest absolute Gasteiger partial charge is 0.495 e. The van der Waals surface area contributed by atoms with Gasteiger partial charge in [-0.1, -0.05) is 12.1 Å². The number of anilines is 2. The van der Waals surface area contributed by atoms with E-state index in [1.165, 1.54) is 44.6 Å². The molecule has 0 amide bonds. The van der Waals surface area contributed by atoms with Gasteiger partial charge in [0.1, 0.15) is 40.1 Å². The van der Waals surface area contributed by atoms with Crippen molar-refractivity contribution in [2.45, 2.75) is 6.42 Å². The van der Waals surface area contributed by atoms with Crippen LogP contribution < -0.4 is 30.8 Å². The SMILES string of the molecule is COc1ccc(Oc2nc(O)nc(O)n2)cc1N=c1ccc2c(-c3ccc(C(=O)ON)cc3C(=O)O)c3ccc(Nc4cc(Cc5nc(O)nc(O)n5)ccc4OC)cc3oc-2c1. The van der Waals surface area contributed by atoms with E-state index in [9.17, 15) is 35.1 Å². The van der Waals surface area contributed by atoms with Crippen LogP contribution in [0.3, 0.4) is 0 Å². The number of ether oxygens (including phenoxy) is 3. The second-order valence-electron chi connectivity index (χ2n) is 13.3. The van der Waals surface area contributed by atoms with Crippen LogP contribution in [-0.4, -0.2) is 81.6 Å². The zero-order chi connectivity index (χ0) is 44.4. The van der Waals surface area contributed by atoms with Crippen LogP contribution in [0.2, 0.25) is 0 Å². The molecule has 1 aliphatic heterocycles. The summed E-state index contributed by atoms with van der Waals surface area (Å²) < 4.78 is 23.3. The van der Waals surface area contributed by atoms with Crippen LogP contribution in [-0.2, 0) is 11.3 Å². The molecule has 0 fully saturated rings. The number of carboxylic acids is 1. The van der Waals surface area contributed by atoms with Crippen molar-refractivity contribution in [1.29, 1.82) is 0 Å². The summed E-state index contributed by atoms with van der Waals surface area (Å²) in [6, 6.07) is 21.1. The number of aromatic hydroxyl groups is 4. The van der Waals surface area contributed by atoms with Gasteiger partial charge >= 0.3 is 42.0 Å². The molecule has 1 aliphatic carbocycles. The first kappa shape index (κ1) is 40.7. The molecule has 0 radical (unpaired) electrons. The average molecular weight is 854 g/mol. The van der Waals surface area contributed by atoms with Crippen LogP contribution in [0, 0.1) is 0 Å². The highest BCUT2D eigenvalue weighted by Crippen LogP contribution is 2.43. The van der Waals surface area contributed by atoms with Crippen LogP contribution in [0.25, 0.3) is 33.4 Å². The maximum absolute atomic E-state index is 12.8. The number of fused-ring (bicyclic) bond motifs is 2. The molecule has 0 saturated carbocycles. The fraction of sp³-hybridized carbons (Fsp3) is 0.0714. The van der Waals surface area contributed by atoms with Gasteiger partial charge in [0.15, 0.2) is 0 Å². The van der Waals surface area contributed by atoms with Gasteiger partial charge in [-0.3, -0.25) is 0 Å². The summed E-state index contributed by atoms with van der Waals surface area (Å²) in [6.07, 6.45) is 0.128. The van der Waals surface area contributed by atoms with Crippen molar-refractivity contribution in [2.75, 3.05) is 19.5 Å². The summed E-state index contributed by atoms with van der Waals surface area (Å²) in [5.74, 6) is 4.26. The van der Waals surface area contributed by atoms with Crippen molar-refractivity contribution < 1.29 is 58.6 Å². The van der Waals surface area contributed by atoms with Crippen LogP contribution in [0.15, 0.2) is 100 Å². The van der Waals surface area contributed by atoms with E-state index in [0.29, 0.717) is 61.6 Å². The molecule has 3 heterocycles. The third kappa shape index (κ3) is 8.64. The molecule has 4 aromatic carbocycles. The van der Waals surface area contributed by atoms with E-state index >= 15 is 0 Å². The number of carbonyl (C=O) groups is 2. The zero-order valence-electron chi connectivity index (χ0n) is 32.7. The summed E-state index contributed by atoms with van der Waals surface area (Å²) in [4.78, 5) is 56.0. The number of methoxy groups -OCH3 is 2. The van der Waals surface area contributed by atoms with Crippen molar-refractivity contribution in [3.8, 4) is 69.8 Å². The maximum Gasteiger partial charge on any atom is 0.356 e. The minimum absolute atomic E-state index is 0.0787. The summed E-state index contributed by atoms with van der Waals surface area (Å²) in [6.45, 7) is 0. The average Bonchev–Trinajstić information content (AvgIpc) is 3.24. The topological polar surface area (TPSA) is 313 Å². The molecule has 0 unspecified atom stereocenters. The molecule has 2 aromatic heterocycles. The molecule has 8 rings (SSSR count). The quantitative estimate of drug-likeness (QED) is 0.0589. The number of rotatable bonds is 12. The summed E-state index contributed by atoms with van der Waals surface area (Å²) in [5, 5.41) is 53.5. The van der Waals surface area contributed by atoms with Crippen molar-refractivity contribution in [2.24, 2.45) is 10.9 Å². The fourth-order valence-corrected chi connectivity index (χ4v) is 6.67. The highest BCUT2D eigenvalue weighted by Gasteiger charge is 2.24. The van der Waals surface area contributed by atoms with Gasteiger partial charge in [0.2, 0.25) is 0 Å². The molecule has 6 aromatic rings. The Hall–Kier alpha value is -9.11. The van der Waals surface area contributed by atoms with E-state index in [1.54, 1.807) is 60.7 Å². The number of hydrogen-bond donors (Lipinski definition) is 7. The predicted octanol–water partition coefficient (Wildman–Crippen LogP) is 5.50. The molecule has 21 nitrogen and oxygen atoms in total. The highest BCUT2D eigenvalue weighted by molar-refractivity contribution is 6.09. The molecule has 0 spiro atoms. The third-order valence-corrected chi connectivity index (χ3v) is 9.33. The smallest absolute Gasteiger partial charge is 0.356 e. The van der Waals surface area contributed by atoms with Gasteiger partial charge in [0.25, 0.3) is 0 Å². The monoisotopic (exact) mass is 853 g/mol. The lowest BCUT2D eigenvalue weighted by atomic mass is 9.90. The zero-order valence-corrected chi connectivity index (χ0v) is 32.7. The molecular formula is C42H31N9O12. The first-order valence-electron chi connectivity index (χ1n) is 18.3. The van der Waals surface area contributed by atoms with E-state index in [4.69, 9.17) is 29.5 Å². The number of aromatic nitrogens is 6. The van der Waals surface area contributed by atoms with E-state index in [0.717, 1.165) is 0 Å². The molecule has 0 saturated heterocycles. The Kier molecular flexibility index (Phi) is 10.9. The number of aromatic carboxylic acids is 1. The Balaban J connectivity index is 1.26. The van der Waals surface area contributed by atoms with Crippen LogP contribution in [0.5, 0.6) is 47.3 Å². The minimum atomic E-state index is -1.32. The van der Waals surface area contributed by atoms with Gasteiger partial charge in [-0.25, -0.2) is 14.6 Å². The summed E-state index contributed by atoms with van der Waals surface area (Å²) in [5.41, 5.74) is 3.25. The normalized spacial score (nSPS) is 11.4. The van der Waals surface area contributed by atoms with Crippen LogP contribution in [0.4, 0.5) is 17.1 Å². The number of nitrogens with two attached hydrogens (primary N) is 1. The van der Waals surface area contributed by atoms with E-state index < -0.39 is 36.0 Å². The molecule has 0 atom stereocenters. The first-order valence-corrected chi connectivity index (χ1v) is 18.3. The van der Waals surface area contributed by atoms with Crippen molar-refractivity contribution in [1.82, 2.24) is 29.9 Å². The molecule has 0 bridgehead atoms. The number of benzene rings is 5. The van der Waals surface area contributed by atoms with Gasteiger partial charge in [-0.15, -0.1) is 19.9 Å². The molecular weight excluding hydrogens is 823 g/mol. The van der Waals surface area contributed by atoms with Gasteiger partial charge in [-0.05, 0) is 71.8 Å². The predicted molar refractivity (Wildman–Crippen MR) is 219 cm³/mol. The number of carbonyl (C=O) groups excluding carboxylic acids is 1. The highest BCUT2D eigenvalue weighted by atomic mass is 16.7. The molecule has 63 heavy (non-hydrogen) atoms. The first-order chi connectivity index (χ1) is 30.4. The molecule has 2 aliphatic rings. The van der Waals surface area contributed by atoms with Crippen LogP contribution >= 0.6 is 0 Å². The molecule has 21 heteroatoms. The van der Waals surface area contributed by atoms with Crippen molar-refractivity contribution in [3.63, 3.8) is 0 Å². The number of nitrogens with one attached hydrogen (secondary N) is 1. The fourth-order valence-electron chi connectivity index (χ4n) is 6.67. The van der Waals surface area contributed by atoms with Crippen LogP contribution in [0.1, 0.15) is 32.1 Å². The van der Waals surface area contributed by atoms with E-state index in [1.807, 2.05) is 0 Å². The minimum Gasteiger partial charge on any atom is -0.495 e. The van der Waals surface area contributed by atoms with Gasteiger partial charge in [-0.2, -0.15) is 15.9 Å². The Labute approximate surface area is 353 Å². The lowest BCUT2D eigenvalue weighted by molar-refractivity contribution is 0.0503. The van der Waals surface area contributed by atoms with E-state index in [-0.39, 0.29) is 46.5 Å². The van der Waals surface area contributed by atoms with Gasteiger partial charge in [0.05, 0.1) is 36.4 Å². The summed E-state index contributed by atoms with van der Waals surface area (Å²) >= 11 is 0. The molecule has 316 valence electrons. The van der Waals surface area contributed by atoms with Crippen molar-refractivity contribution in [3.05, 3.63) is 119 Å². The second kappa shape index (κ2) is 16.9. The number of nitrogens with zero attached hydrogens (tertiary/aromatic N) is 7. The lowest BCUT2D eigenvalue weighted by Gasteiger charge is -2.18. The second-order valence-corrected chi connectivity index (χ2v) is 13.3. The Morgan fingerprint density at radius 2 is 1.44 bits per heavy atom. The Morgan fingerprint density at radius 1 is 0.746 bits per heavy atom. The maximum atomic E-state index is 12.8. The van der Waals surface area contributed by atoms with Crippen molar-refractivity contribution >= 4 is 40.0 Å². The van der Waals surface area contributed by atoms with Gasteiger partial charge < -0.3 is 54.3 Å². The standard InChI is InChI=1S/C42H31N9O12/c1-59-30-11-3-19(14-34-46-38(55)48-39(56)47-34)13-28(30)44-21-5-9-25-32(16-21)62-33-17-22(6-10-26(33)35(25)24-8-4-20(37(54)63-43)15-27(24)36(52)53)45-29-18-23(7-12-31(29)60-2)61-42-50-40(57)49-41(58)51-42/h3-13,15-18,44H,14,43H2,1-2H3,(H,52,53)(H2,46,47,48,55,56)(H2,49,50,51,57,58).